The van der Waals surface area contributed by atoms with Crippen molar-refractivity contribution in [1.29, 1.82) is 0 Å². The van der Waals surface area contributed by atoms with Gasteiger partial charge in [-0.3, -0.25) is 9.48 Å². The quantitative estimate of drug-likeness (QED) is 0.879. The second-order valence-corrected chi connectivity index (χ2v) is 5.32. The molecule has 2 N–H and O–H groups in total. The van der Waals surface area contributed by atoms with Crippen LogP contribution < -0.4 is 10.6 Å². The maximum Gasteiger partial charge on any atom is 0.241 e. The molecule has 1 aromatic carbocycles. The van der Waals surface area contributed by atoms with Gasteiger partial charge >= 0.3 is 0 Å². The maximum absolute atomic E-state index is 12.4. The number of amides is 1. The molecule has 1 aromatic heterocycles. The van der Waals surface area contributed by atoms with Crippen molar-refractivity contribution in [3.8, 4) is 0 Å². The summed E-state index contributed by atoms with van der Waals surface area (Å²) in [6.07, 6.45) is 3.54. The van der Waals surface area contributed by atoms with Gasteiger partial charge < -0.3 is 10.6 Å². The van der Waals surface area contributed by atoms with Crippen molar-refractivity contribution < 1.29 is 4.79 Å². The Balaban J connectivity index is 1.60. The number of nitrogens with zero attached hydrogens (tertiary/aromatic N) is 2. The predicted octanol–water partition coefficient (Wildman–Crippen LogP) is 0.966. The molecular weight excluding hydrogens is 264 g/mol. The van der Waals surface area contributed by atoms with E-state index in [2.05, 4.69) is 21.8 Å². The van der Waals surface area contributed by atoms with Gasteiger partial charge in [0.15, 0.2) is 0 Å². The van der Waals surface area contributed by atoms with Crippen molar-refractivity contribution in [2.24, 2.45) is 7.05 Å². The van der Waals surface area contributed by atoms with E-state index in [9.17, 15) is 4.79 Å². The normalized spacial score (nSPS) is 17.3. The minimum absolute atomic E-state index is 0.0457. The van der Waals surface area contributed by atoms with Gasteiger partial charge in [-0.1, -0.05) is 24.3 Å². The van der Waals surface area contributed by atoms with Gasteiger partial charge in [0.1, 0.15) is 6.04 Å². The molecule has 5 heteroatoms. The molecule has 0 saturated carbocycles. The third kappa shape index (κ3) is 2.97. The Hall–Kier alpha value is -2.14. The standard InChI is InChI=1S/C16H20N4O/c1-20-13(8-11-19-20)7-10-18-16(21)15-14-5-3-2-4-12(14)6-9-17-15/h2-5,8,11,15,17H,6-7,9-10H2,1H3,(H,18,21). The lowest BCUT2D eigenvalue weighted by Gasteiger charge is -2.26. The van der Waals surface area contributed by atoms with Crippen molar-refractivity contribution in [1.82, 2.24) is 20.4 Å². The predicted molar refractivity (Wildman–Crippen MR) is 80.8 cm³/mol. The van der Waals surface area contributed by atoms with Crippen LogP contribution in [0.25, 0.3) is 0 Å². The fourth-order valence-electron chi connectivity index (χ4n) is 2.80. The summed E-state index contributed by atoms with van der Waals surface area (Å²) in [6.45, 7) is 1.47. The van der Waals surface area contributed by atoms with Crippen LogP contribution in [0, 0.1) is 0 Å². The van der Waals surface area contributed by atoms with E-state index >= 15 is 0 Å². The highest BCUT2D eigenvalue weighted by Gasteiger charge is 2.25. The molecule has 1 amide bonds. The Labute approximate surface area is 124 Å². The number of carbonyl (C=O) groups is 1. The van der Waals surface area contributed by atoms with Gasteiger partial charge in [0, 0.05) is 38.4 Å². The second-order valence-electron chi connectivity index (χ2n) is 5.32. The summed E-state index contributed by atoms with van der Waals surface area (Å²) in [6, 6.07) is 9.89. The lowest BCUT2D eigenvalue weighted by molar-refractivity contribution is -0.123. The number of carbonyl (C=O) groups excluding carboxylic acids is 1. The first-order valence-corrected chi connectivity index (χ1v) is 7.31. The average molecular weight is 284 g/mol. The fourth-order valence-corrected chi connectivity index (χ4v) is 2.80. The molecule has 0 fully saturated rings. The summed E-state index contributed by atoms with van der Waals surface area (Å²) >= 11 is 0. The summed E-state index contributed by atoms with van der Waals surface area (Å²) in [5.74, 6) is 0.0457. The van der Waals surface area contributed by atoms with Gasteiger partial charge in [-0.25, -0.2) is 0 Å². The van der Waals surface area contributed by atoms with Gasteiger partial charge in [-0.2, -0.15) is 5.10 Å². The van der Waals surface area contributed by atoms with Crippen molar-refractivity contribution in [3.63, 3.8) is 0 Å². The highest BCUT2D eigenvalue weighted by Crippen LogP contribution is 2.22. The lowest BCUT2D eigenvalue weighted by atomic mass is 9.94. The molecule has 1 atom stereocenters. The molecule has 21 heavy (non-hydrogen) atoms. The van der Waals surface area contributed by atoms with Gasteiger partial charge in [-0.15, -0.1) is 0 Å². The van der Waals surface area contributed by atoms with Crippen LogP contribution in [0.5, 0.6) is 0 Å². The topological polar surface area (TPSA) is 59.0 Å². The zero-order chi connectivity index (χ0) is 14.7. The van der Waals surface area contributed by atoms with Crippen LogP contribution >= 0.6 is 0 Å². The second kappa shape index (κ2) is 6.10. The van der Waals surface area contributed by atoms with Gasteiger partial charge in [0.25, 0.3) is 0 Å². The van der Waals surface area contributed by atoms with Gasteiger partial charge in [-0.05, 0) is 23.6 Å². The number of aryl methyl sites for hydroxylation is 1. The molecule has 0 radical (unpaired) electrons. The largest absolute Gasteiger partial charge is 0.354 e. The van der Waals surface area contributed by atoms with E-state index in [0.717, 1.165) is 30.6 Å². The molecule has 2 heterocycles. The molecule has 2 aromatic rings. The van der Waals surface area contributed by atoms with E-state index in [4.69, 9.17) is 0 Å². The van der Waals surface area contributed by atoms with Crippen LogP contribution in [0.3, 0.4) is 0 Å². The van der Waals surface area contributed by atoms with E-state index in [1.807, 2.05) is 36.0 Å². The van der Waals surface area contributed by atoms with E-state index in [0.29, 0.717) is 6.54 Å². The Morgan fingerprint density at radius 3 is 3.10 bits per heavy atom. The maximum atomic E-state index is 12.4. The van der Waals surface area contributed by atoms with E-state index in [1.54, 1.807) is 6.20 Å². The number of aromatic nitrogens is 2. The van der Waals surface area contributed by atoms with Gasteiger partial charge in [0.2, 0.25) is 5.91 Å². The summed E-state index contributed by atoms with van der Waals surface area (Å²) in [4.78, 5) is 12.4. The molecule has 110 valence electrons. The minimum atomic E-state index is -0.235. The number of nitrogens with one attached hydrogen (secondary N) is 2. The molecule has 3 rings (SSSR count). The average Bonchev–Trinajstić information content (AvgIpc) is 2.92. The number of hydrogen-bond donors (Lipinski definition) is 2. The van der Waals surface area contributed by atoms with E-state index in [1.165, 1.54) is 5.56 Å². The Bertz CT molecular complexity index is 635. The van der Waals surface area contributed by atoms with Crippen LogP contribution in [0.2, 0.25) is 0 Å². The van der Waals surface area contributed by atoms with E-state index in [-0.39, 0.29) is 11.9 Å². The summed E-state index contributed by atoms with van der Waals surface area (Å²) in [5, 5.41) is 10.4. The molecule has 1 unspecified atom stereocenters. The molecule has 1 aliphatic heterocycles. The summed E-state index contributed by atoms with van der Waals surface area (Å²) < 4.78 is 1.83. The highest BCUT2D eigenvalue weighted by molar-refractivity contribution is 5.83. The van der Waals surface area contributed by atoms with Crippen LogP contribution in [0.1, 0.15) is 22.9 Å². The van der Waals surface area contributed by atoms with Crippen molar-refractivity contribution in [3.05, 3.63) is 53.3 Å². The Kier molecular flexibility index (Phi) is 4.01. The monoisotopic (exact) mass is 284 g/mol. The SMILES string of the molecule is Cn1nccc1CCNC(=O)C1NCCc2ccccc21. The van der Waals surface area contributed by atoms with Crippen LogP contribution in [0.4, 0.5) is 0 Å². The number of hydrogen-bond acceptors (Lipinski definition) is 3. The summed E-state index contributed by atoms with van der Waals surface area (Å²) in [5.41, 5.74) is 3.48. The van der Waals surface area contributed by atoms with Crippen molar-refractivity contribution in [2.45, 2.75) is 18.9 Å². The van der Waals surface area contributed by atoms with Crippen molar-refractivity contribution in [2.75, 3.05) is 13.1 Å². The molecule has 0 spiro atoms. The molecule has 5 nitrogen and oxygen atoms in total. The highest BCUT2D eigenvalue weighted by atomic mass is 16.2. The van der Waals surface area contributed by atoms with Crippen molar-refractivity contribution >= 4 is 5.91 Å². The number of rotatable bonds is 4. The van der Waals surface area contributed by atoms with Crippen LogP contribution in [-0.4, -0.2) is 28.8 Å². The number of benzene rings is 1. The molecule has 0 bridgehead atoms. The first-order chi connectivity index (χ1) is 10.3. The lowest BCUT2D eigenvalue weighted by Crippen LogP contribution is -2.42. The van der Waals surface area contributed by atoms with Crippen LogP contribution in [0.15, 0.2) is 36.5 Å². The molecule has 1 aliphatic rings. The summed E-state index contributed by atoms with van der Waals surface area (Å²) in [7, 11) is 1.91. The van der Waals surface area contributed by atoms with Gasteiger partial charge in [0.05, 0.1) is 0 Å². The fraction of sp³-hybridized carbons (Fsp3) is 0.375. The third-order valence-corrected chi connectivity index (χ3v) is 3.97. The Morgan fingerprint density at radius 1 is 1.43 bits per heavy atom. The molecule has 0 saturated heterocycles. The van der Waals surface area contributed by atoms with E-state index < -0.39 is 0 Å². The zero-order valence-corrected chi connectivity index (χ0v) is 12.2. The smallest absolute Gasteiger partial charge is 0.241 e. The third-order valence-electron chi connectivity index (χ3n) is 3.97. The molecule has 0 aliphatic carbocycles. The zero-order valence-electron chi connectivity index (χ0n) is 12.2. The van der Waals surface area contributed by atoms with Crippen LogP contribution in [-0.2, 0) is 24.7 Å². The first kappa shape index (κ1) is 13.8. The first-order valence-electron chi connectivity index (χ1n) is 7.31. The Morgan fingerprint density at radius 2 is 2.29 bits per heavy atom. The number of fused-ring (bicyclic) bond motifs is 1. The molecular formula is C16H20N4O. The minimum Gasteiger partial charge on any atom is -0.354 e.